The number of carboxylic acid groups (broad SMARTS) is 1. The van der Waals surface area contributed by atoms with E-state index in [4.69, 9.17) is 9.47 Å². The first-order valence-corrected chi connectivity index (χ1v) is 13.2. The summed E-state index contributed by atoms with van der Waals surface area (Å²) >= 11 is 0. The van der Waals surface area contributed by atoms with Gasteiger partial charge in [-0.1, -0.05) is 48.5 Å². The van der Waals surface area contributed by atoms with Crippen LogP contribution in [0.25, 0.3) is 11.1 Å². The molecular formula is C31H29N5O5. The number of pyridine rings is 1. The summed E-state index contributed by atoms with van der Waals surface area (Å²) in [7, 11) is 0. The monoisotopic (exact) mass is 551 g/mol. The Kier molecular flexibility index (Phi) is 8.48. The minimum atomic E-state index is -1.00. The van der Waals surface area contributed by atoms with E-state index in [0.717, 1.165) is 22.3 Å². The molecule has 0 unspecified atom stereocenters. The molecule has 5 rings (SSSR count). The van der Waals surface area contributed by atoms with Gasteiger partial charge in [0.25, 0.3) is 0 Å². The number of benzene rings is 2. The Bertz CT molecular complexity index is 1570. The predicted octanol–water partition coefficient (Wildman–Crippen LogP) is 3.90. The molecule has 1 aliphatic rings. The van der Waals surface area contributed by atoms with Crippen LogP contribution in [-0.2, 0) is 24.6 Å². The Labute approximate surface area is 237 Å². The average molecular weight is 552 g/mol. The van der Waals surface area contributed by atoms with Crippen molar-refractivity contribution >= 4 is 5.97 Å². The summed E-state index contributed by atoms with van der Waals surface area (Å²) in [6.45, 7) is 2.73. The third-order valence-corrected chi connectivity index (χ3v) is 7.03. The van der Waals surface area contributed by atoms with Crippen LogP contribution in [0.4, 0.5) is 0 Å². The Balaban J connectivity index is 1.37. The minimum Gasteiger partial charge on any atom is -0.480 e. The molecule has 2 N–H and O–H groups in total. The van der Waals surface area contributed by atoms with Crippen molar-refractivity contribution in [3.8, 4) is 29.1 Å². The molecule has 10 nitrogen and oxygen atoms in total. The number of aromatic nitrogens is 3. The number of nitriles is 1. The zero-order chi connectivity index (χ0) is 28.8. The number of carbonyl (C=O) groups is 1. The quantitative estimate of drug-likeness (QED) is 0.298. The molecule has 10 heteroatoms. The highest BCUT2D eigenvalue weighted by molar-refractivity contribution is 5.74. The van der Waals surface area contributed by atoms with Gasteiger partial charge in [-0.05, 0) is 35.2 Å². The summed E-state index contributed by atoms with van der Waals surface area (Å²) in [5, 5.41) is 28.9. The lowest BCUT2D eigenvalue weighted by molar-refractivity contribution is -0.142. The molecule has 2 atom stereocenters. The molecule has 0 amide bonds. The lowest BCUT2D eigenvalue weighted by atomic mass is 9.97. The smallest absolute Gasteiger partial charge is 0.321 e. The van der Waals surface area contributed by atoms with Crippen LogP contribution in [0, 0.1) is 18.3 Å². The van der Waals surface area contributed by atoms with Crippen molar-refractivity contribution < 1.29 is 24.5 Å². The second-order valence-corrected chi connectivity index (χ2v) is 9.88. The van der Waals surface area contributed by atoms with Crippen molar-refractivity contribution in [1.29, 1.82) is 5.26 Å². The van der Waals surface area contributed by atoms with Crippen molar-refractivity contribution in [2.45, 2.75) is 45.2 Å². The highest BCUT2D eigenvalue weighted by Crippen LogP contribution is 2.28. The van der Waals surface area contributed by atoms with E-state index in [2.05, 4.69) is 39.2 Å². The van der Waals surface area contributed by atoms with Gasteiger partial charge in [0.1, 0.15) is 25.3 Å². The molecule has 0 bridgehead atoms. The fourth-order valence-corrected chi connectivity index (χ4v) is 4.90. The van der Waals surface area contributed by atoms with Crippen LogP contribution in [0.3, 0.4) is 0 Å². The summed E-state index contributed by atoms with van der Waals surface area (Å²) < 4.78 is 12.0. The molecule has 3 heterocycles. The van der Waals surface area contributed by atoms with E-state index in [1.165, 1.54) is 6.20 Å². The van der Waals surface area contributed by atoms with Gasteiger partial charge in [0.05, 0.1) is 11.7 Å². The molecular weight excluding hydrogens is 522 g/mol. The molecule has 2 aromatic carbocycles. The maximum absolute atomic E-state index is 11.8. The number of likely N-dealkylation sites (tertiary alicyclic amines) is 1. The zero-order valence-corrected chi connectivity index (χ0v) is 22.5. The van der Waals surface area contributed by atoms with Crippen LogP contribution in [0.15, 0.2) is 73.2 Å². The third kappa shape index (κ3) is 6.66. The van der Waals surface area contributed by atoms with E-state index in [1.54, 1.807) is 23.4 Å². The fraction of sp³-hybridized carbons (Fsp3) is 0.258. The first kappa shape index (κ1) is 27.7. The number of rotatable bonds is 10. The molecule has 0 spiro atoms. The van der Waals surface area contributed by atoms with Gasteiger partial charge in [0, 0.05) is 49.2 Å². The number of hydrogen-bond acceptors (Lipinski definition) is 9. The molecule has 0 radical (unpaired) electrons. The summed E-state index contributed by atoms with van der Waals surface area (Å²) in [6.07, 6.45) is 4.02. The largest absolute Gasteiger partial charge is 0.480 e. The van der Waals surface area contributed by atoms with Crippen LogP contribution in [0.5, 0.6) is 11.9 Å². The van der Waals surface area contributed by atoms with Crippen molar-refractivity contribution in [2.24, 2.45) is 0 Å². The van der Waals surface area contributed by atoms with Crippen LogP contribution < -0.4 is 9.47 Å². The lowest BCUT2D eigenvalue weighted by Crippen LogP contribution is -2.35. The number of ether oxygens (including phenoxy) is 2. The van der Waals surface area contributed by atoms with Gasteiger partial charge < -0.3 is 19.7 Å². The molecule has 1 saturated heterocycles. The second kappa shape index (κ2) is 12.6. The first-order valence-electron chi connectivity index (χ1n) is 13.2. The predicted molar refractivity (Wildman–Crippen MR) is 149 cm³/mol. The van der Waals surface area contributed by atoms with Crippen LogP contribution in [-0.4, -0.2) is 54.7 Å². The molecule has 0 aliphatic carbocycles. The number of β-amino-alcohol motifs (C(OH)–C–C–N with tert-alkyl or cyclic N) is 1. The number of carboxylic acids is 1. The molecule has 41 heavy (non-hydrogen) atoms. The highest BCUT2D eigenvalue weighted by Gasteiger charge is 2.36. The van der Waals surface area contributed by atoms with Gasteiger partial charge in [0.2, 0.25) is 5.88 Å². The number of nitrogens with zero attached hydrogens (tertiary/aromatic N) is 5. The minimum absolute atomic E-state index is 0.0786. The standard InChI is InChI=1S/C31H29N5O5/c1-20-24(8-5-9-27(20)23-6-3-2-4-7-23)19-41-31-34-15-25(16-36-17-26(37)11-28(36)30(38)39)29(35-31)40-18-22-10-21(12-32)13-33-14-22/h2-10,13-15,26,28,37H,11,16-19H2,1H3,(H,38,39)/t26-,28+/m1/s1. The molecule has 1 fully saturated rings. The van der Waals surface area contributed by atoms with Crippen LogP contribution in [0.2, 0.25) is 0 Å². The van der Waals surface area contributed by atoms with Crippen molar-refractivity contribution in [3.05, 3.63) is 101 Å². The van der Waals surface area contributed by atoms with Crippen LogP contribution >= 0.6 is 0 Å². The van der Waals surface area contributed by atoms with Gasteiger partial charge in [-0.25, -0.2) is 4.98 Å². The van der Waals surface area contributed by atoms with Crippen molar-refractivity contribution in [3.63, 3.8) is 0 Å². The van der Waals surface area contributed by atoms with E-state index >= 15 is 0 Å². The number of aliphatic hydroxyl groups is 1. The van der Waals surface area contributed by atoms with E-state index < -0.39 is 18.1 Å². The second-order valence-electron chi connectivity index (χ2n) is 9.88. The Morgan fingerprint density at radius 2 is 1.90 bits per heavy atom. The first-order chi connectivity index (χ1) is 19.9. The Morgan fingerprint density at radius 1 is 1.07 bits per heavy atom. The Hall–Kier alpha value is -4.85. The van der Waals surface area contributed by atoms with Gasteiger partial charge in [-0.3, -0.25) is 14.7 Å². The topological polar surface area (TPSA) is 142 Å². The molecule has 4 aromatic rings. The van der Waals surface area contributed by atoms with Gasteiger partial charge in [-0.15, -0.1) is 0 Å². The van der Waals surface area contributed by atoms with E-state index in [0.29, 0.717) is 16.7 Å². The van der Waals surface area contributed by atoms with Crippen molar-refractivity contribution in [2.75, 3.05) is 6.54 Å². The maximum Gasteiger partial charge on any atom is 0.321 e. The summed E-state index contributed by atoms with van der Waals surface area (Å²) in [6, 6.07) is 19.2. The normalized spacial score (nSPS) is 16.7. The van der Waals surface area contributed by atoms with E-state index in [9.17, 15) is 20.3 Å². The van der Waals surface area contributed by atoms with Gasteiger partial charge in [-0.2, -0.15) is 10.2 Å². The van der Waals surface area contributed by atoms with Crippen LogP contribution in [0.1, 0.15) is 34.2 Å². The summed E-state index contributed by atoms with van der Waals surface area (Å²) in [5.74, 6) is -0.782. The van der Waals surface area contributed by atoms with Gasteiger partial charge >= 0.3 is 12.0 Å². The lowest BCUT2D eigenvalue weighted by Gasteiger charge is -2.22. The maximum atomic E-state index is 11.8. The van der Waals surface area contributed by atoms with Gasteiger partial charge in [0.15, 0.2) is 0 Å². The molecule has 1 aliphatic heterocycles. The molecule has 2 aromatic heterocycles. The zero-order valence-electron chi connectivity index (χ0n) is 22.5. The molecule has 208 valence electrons. The van der Waals surface area contributed by atoms with E-state index in [-0.39, 0.29) is 44.6 Å². The number of aliphatic hydroxyl groups excluding tert-OH is 1. The highest BCUT2D eigenvalue weighted by atomic mass is 16.5. The average Bonchev–Trinajstić information content (AvgIpc) is 3.37. The fourth-order valence-electron chi connectivity index (χ4n) is 4.90. The molecule has 0 saturated carbocycles. The van der Waals surface area contributed by atoms with Crippen molar-refractivity contribution in [1.82, 2.24) is 19.9 Å². The summed E-state index contributed by atoms with van der Waals surface area (Å²) in [5.41, 5.74) is 5.92. The number of hydrogen-bond donors (Lipinski definition) is 2. The SMILES string of the molecule is Cc1c(COc2ncc(CN3C[C@H](O)C[C@H]3C(=O)O)c(OCc3cncc(C#N)c3)n2)cccc1-c1ccccc1. The Morgan fingerprint density at radius 3 is 2.68 bits per heavy atom. The number of aliphatic carboxylic acids is 1. The summed E-state index contributed by atoms with van der Waals surface area (Å²) in [4.78, 5) is 26.4. The third-order valence-electron chi connectivity index (χ3n) is 7.03. The van der Waals surface area contributed by atoms with E-state index in [1.807, 2.05) is 37.3 Å².